The Morgan fingerprint density at radius 1 is 0.750 bits per heavy atom. The second-order valence-corrected chi connectivity index (χ2v) is 6.70. The fraction of sp³-hybridized carbons (Fsp3) is 0.211. The molecule has 0 N–H and O–H groups in total. The molecule has 3 rings (SSSR count). The highest BCUT2D eigenvalue weighted by molar-refractivity contribution is 9.10. The third-order valence-electron chi connectivity index (χ3n) is 4.15. The van der Waals surface area contributed by atoms with E-state index in [0.717, 1.165) is 10.0 Å². The van der Waals surface area contributed by atoms with Crippen LogP contribution in [0.25, 0.3) is 0 Å². The molecule has 123 valence electrons. The summed E-state index contributed by atoms with van der Waals surface area (Å²) in [5.41, 5.74) is 2.22. The molecule has 2 amide bonds. The lowest BCUT2D eigenvalue weighted by Gasteiger charge is -2.35. The Labute approximate surface area is 150 Å². The quantitative estimate of drug-likeness (QED) is 0.795. The molecular weight excluding hydrogens is 368 g/mol. The molecular formula is C19H18BrN2O2. The van der Waals surface area contributed by atoms with Gasteiger partial charge in [-0.25, -0.2) is 0 Å². The summed E-state index contributed by atoms with van der Waals surface area (Å²) in [4.78, 5) is 28.6. The molecule has 0 aromatic heterocycles. The molecule has 1 aliphatic rings. The van der Waals surface area contributed by atoms with Gasteiger partial charge in [-0.3, -0.25) is 9.59 Å². The van der Waals surface area contributed by atoms with Gasteiger partial charge in [0.2, 0.25) is 0 Å². The summed E-state index contributed by atoms with van der Waals surface area (Å²) in [6.45, 7) is 6.02. The molecule has 2 aromatic carbocycles. The lowest BCUT2D eigenvalue weighted by Crippen LogP contribution is -2.50. The lowest BCUT2D eigenvalue weighted by molar-refractivity contribution is 0.0535. The highest BCUT2D eigenvalue weighted by atomic mass is 79.9. The third kappa shape index (κ3) is 3.67. The van der Waals surface area contributed by atoms with Gasteiger partial charge in [0, 0.05) is 41.8 Å². The molecule has 1 fully saturated rings. The van der Waals surface area contributed by atoms with Crippen molar-refractivity contribution in [3.8, 4) is 0 Å². The molecule has 1 heterocycles. The Balaban J connectivity index is 1.61. The minimum atomic E-state index is 0.00532. The van der Waals surface area contributed by atoms with Crippen LogP contribution in [-0.4, -0.2) is 47.8 Å². The van der Waals surface area contributed by atoms with E-state index in [1.807, 2.05) is 36.4 Å². The molecule has 1 saturated heterocycles. The standard InChI is InChI=1S/C19H18BrN2O2/c1-14-2-4-15(5-3-14)18(23)21-10-12-22(13-11-21)19(24)16-6-8-17(20)9-7-16/h2-9H,1,10-13H2. The third-order valence-corrected chi connectivity index (χ3v) is 4.67. The van der Waals surface area contributed by atoms with E-state index >= 15 is 0 Å². The van der Waals surface area contributed by atoms with E-state index in [-0.39, 0.29) is 11.8 Å². The van der Waals surface area contributed by atoms with Crippen LogP contribution in [0.1, 0.15) is 26.3 Å². The minimum absolute atomic E-state index is 0.00532. The summed E-state index contributed by atoms with van der Waals surface area (Å²) in [5, 5.41) is 0. The van der Waals surface area contributed by atoms with Crippen LogP contribution in [0.15, 0.2) is 53.0 Å². The van der Waals surface area contributed by atoms with Gasteiger partial charge in [0.25, 0.3) is 11.8 Å². The van der Waals surface area contributed by atoms with Crippen molar-refractivity contribution in [1.82, 2.24) is 9.80 Å². The number of rotatable bonds is 2. The smallest absolute Gasteiger partial charge is 0.253 e. The van der Waals surface area contributed by atoms with Crippen molar-refractivity contribution in [3.05, 3.63) is 76.6 Å². The summed E-state index contributed by atoms with van der Waals surface area (Å²) in [5.74, 6) is 0.0155. The average Bonchev–Trinajstić information content (AvgIpc) is 2.62. The first kappa shape index (κ1) is 16.7. The molecule has 0 bridgehead atoms. The predicted octanol–water partition coefficient (Wildman–Crippen LogP) is 3.23. The van der Waals surface area contributed by atoms with E-state index in [9.17, 15) is 9.59 Å². The van der Waals surface area contributed by atoms with Gasteiger partial charge in [-0.1, -0.05) is 28.1 Å². The van der Waals surface area contributed by atoms with Crippen LogP contribution in [0, 0.1) is 6.92 Å². The summed E-state index contributed by atoms with van der Waals surface area (Å²) >= 11 is 3.37. The molecule has 0 saturated carbocycles. The molecule has 24 heavy (non-hydrogen) atoms. The second-order valence-electron chi connectivity index (χ2n) is 5.79. The number of piperazine rings is 1. The van der Waals surface area contributed by atoms with Crippen LogP contribution in [0.4, 0.5) is 0 Å². The lowest BCUT2D eigenvalue weighted by atomic mass is 10.1. The fourth-order valence-electron chi connectivity index (χ4n) is 2.72. The number of carbonyl (C=O) groups excluding carboxylic acids is 2. The zero-order chi connectivity index (χ0) is 17.1. The highest BCUT2D eigenvalue weighted by Gasteiger charge is 2.25. The van der Waals surface area contributed by atoms with Gasteiger partial charge in [0.05, 0.1) is 0 Å². The largest absolute Gasteiger partial charge is 0.335 e. The molecule has 0 unspecified atom stereocenters. The SMILES string of the molecule is [CH2]c1ccc(C(=O)N2CCN(C(=O)c3ccc(Br)cc3)CC2)cc1. The number of nitrogens with zero attached hydrogens (tertiary/aromatic N) is 2. The van der Waals surface area contributed by atoms with Crippen LogP contribution in [-0.2, 0) is 0 Å². The highest BCUT2D eigenvalue weighted by Crippen LogP contribution is 2.15. The van der Waals surface area contributed by atoms with Crippen molar-refractivity contribution in [3.63, 3.8) is 0 Å². The summed E-state index contributed by atoms with van der Waals surface area (Å²) < 4.78 is 0.947. The van der Waals surface area contributed by atoms with Crippen molar-refractivity contribution >= 4 is 27.7 Å². The van der Waals surface area contributed by atoms with Crippen LogP contribution < -0.4 is 0 Å². The first-order valence-corrected chi connectivity index (χ1v) is 8.60. The Morgan fingerprint density at radius 2 is 1.12 bits per heavy atom. The monoisotopic (exact) mass is 385 g/mol. The van der Waals surface area contributed by atoms with E-state index in [4.69, 9.17) is 0 Å². The molecule has 1 aliphatic heterocycles. The zero-order valence-electron chi connectivity index (χ0n) is 13.2. The van der Waals surface area contributed by atoms with Gasteiger partial charge < -0.3 is 9.80 Å². The van der Waals surface area contributed by atoms with Crippen molar-refractivity contribution in [2.45, 2.75) is 0 Å². The van der Waals surface area contributed by atoms with Crippen molar-refractivity contribution in [2.75, 3.05) is 26.2 Å². The number of hydrogen-bond donors (Lipinski definition) is 0. The van der Waals surface area contributed by atoms with E-state index in [2.05, 4.69) is 22.9 Å². The maximum atomic E-state index is 12.5. The van der Waals surface area contributed by atoms with Crippen LogP contribution >= 0.6 is 15.9 Å². The molecule has 0 aliphatic carbocycles. The molecule has 0 spiro atoms. The van der Waals surface area contributed by atoms with E-state index in [0.29, 0.717) is 37.3 Å². The molecule has 1 radical (unpaired) electrons. The van der Waals surface area contributed by atoms with Crippen LogP contribution in [0.2, 0.25) is 0 Å². The average molecular weight is 386 g/mol. The number of hydrogen-bond acceptors (Lipinski definition) is 2. The topological polar surface area (TPSA) is 40.6 Å². The van der Waals surface area contributed by atoms with Crippen LogP contribution in [0.3, 0.4) is 0 Å². The number of benzene rings is 2. The molecule has 2 aromatic rings. The van der Waals surface area contributed by atoms with Crippen molar-refractivity contribution in [2.24, 2.45) is 0 Å². The Kier molecular flexibility index (Phi) is 5.00. The van der Waals surface area contributed by atoms with Gasteiger partial charge >= 0.3 is 0 Å². The molecule has 4 nitrogen and oxygen atoms in total. The fourth-order valence-corrected chi connectivity index (χ4v) is 2.98. The first-order chi connectivity index (χ1) is 11.5. The van der Waals surface area contributed by atoms with E-state index in [1.165, 1.54) is 0 Å². The van der Waals surface area contributed by atoms with Gasteiger partial charge in [-0.05, 0) is 48.9 Å². The first-order valence-electron chi connectivity index (χ1n) is 7.81. The molecule has 0 atom stereocenters. The Hall–Kier alpha value is -2.14. The second kappa shape index (κ2) is 7.18. The summed E-state index contributed by atoms with van der Waals surface area (Å²) in [7, 11) is 0. The van der Waals surface area contributed by atoms with Crippen LogP contribution in [0.5, 0.6) is 0 Å². The Morgan fingerprint density at radius 3 is 1.54 bits per heavy atom. The maximum Gasteiger partial charge on any atom is 0.253 e. The normalized spacial score (nSPS) is 14.6. The van der Waals surface area contributed by atoms with Gasteiger partial charge in [-0.2, -0.15) is 0 Å². The minimum Gasteiger partial charge on any atom is -0.335 e. The maximum absolute atomic E-state index is 12.5. The van der Waals surface area contributed by atoms with E-state index < -0.39 is 0 Å². The van der Waals surface area contributed by atoms with Crippen molar-refractivity contribution < 1.29 is 9.59 Å². The zero-order valence-corrected chi connectivity index (χ0v) is 14.8. The Bertz CT molecular complexity index is 667. The van der Waals surface area contributed by atoms with Gasteiger partial charge in [0.1, 0.15) is 0 Å². The summed E-state index contributed by atoms with van der Waals surface area (Å²) in [6, 6.07) is 14.6. The van der Waals surface area contributed by atoms with E-state index in [1.54, 1.807) is 21.9 Å². The number of halogens is 1. The summed E-state index contributed by atoms with van der Waals surface area (Å²) in [6.07, 6.45) is 0. The van der Waals surface area contributed by atoms with Gasteiger partial charge in [0.15, 0.2) is 0 Å². The van der Waals surface area contributed by atoms with Gasteiger partial charge in [-0.15, -0.1) is 0 Å². The number of amides is 2. The van der Waals surface area contributed by atoms with Crippen molar-refractivity contribution in [1.29, 1.82) is 0 Å². The number of carbonyl (C=O) groups is 2. The predicted molar refractivity (Wildman–Crippen MR) is 96.9 cm³/mol. The molecule has 5 heteroatoms.